The number of anilines is 1. The predicted octanol–water partition coefficient (Wildman–Crippen LogP) is 3.93. The molecule has 0 saturated heterocycles. The molecule has 0 radical (unpaired) electrons. The van der Waals surface area contributed by atoms with Crippen molar-refractivity contribution in [2.45, 2.75) is 39.2 Å². The fourth-order valence-corrected chi connectivity index (χ4v) is 2.36. The normalized spacial score (nSPS) is 11.6. The SMILES string of the molecule is CC[C@@H](C)NC(=O)c1ccccc1NC(=O)CCc1ccccc1F. The standard InChI is InChI=1S/C20H23FN2O2/c1-3-14(2)22-20(25)16-9-5-7-11-18(16)23-19(24)13-12-15-8-4-6-10-17(15)21/h4-11,14H,3,12-13H2,1-2H3,(H,22,25)(H,23,24)/t14-/m1/s1. The van der Waals surface area contributed by atoms with Gasteiger partial charge in [-0.25, -0.2) is 4.39 Å². The first-order chi connectivity index (χ1) is 12.0. The molecule has 0 spiro atoms. The number of aryl methyl sites for hydroxylation is 1. The first-order valence-corrected chi connectivity index (χ1v) is 8.44. The Bertz CT molecular complexity index is 746. The fraction of sp³-hybridized carbons (Fsp3) is 0.300. The molecule has 2 rings (SSSR count). The first kappa shape index (κ1) is 18.6. The van der Waals surface area contributed by atoms with Gasteiger partial charge in [0.05, 0.1) is 11.3 Å². The van der Waals surface area contributed by atoms with E-state index < -0.39 is 0 Å². The number of hydrogen-bond acceptors (Lipinski definition) is 2. The van der Waals surface area contributed by atoms with Gasteiger partial charge < -0.3 is 10.6 Å². The molecule has 1 atom stereocenters. The molecule has 0 aliphatic rings. The van der Waals surface area contributed by atoms with Gasteiger partial charge in [-0.2, -0.15) is 0 Å². The van der Waals surface area contributed by atoms with E-state index in [1.165, 1.54) is 6.07 Å². The molecule has 0 unspecified atom stereocenters. The zero-order valence-corrected chi connectivity index (χ0v) is 14.5. The molecular formula is C20H23FN2O2. The number of nitrogens with one attached hydrogen (secondary N) is 2. The molecule has 25 heavy (non-hydrogen) atoms. The lowest BCUT2D eigenvalue weighted by atomic mass is 10.1. The Morgan fingerprint density at radius 2 is 1.76 bits per heavy atom. The van der Waals surface area contributed by atoms with Crippen molar-refractivity contribution in [2.24, 2.45) is 0 Å². The minimum absolute atomic E-state index is 0.0531. The fourth-order valence-electron chi connectivity index (χ4n) is 2.36. The Morgan fingerprint density at radius 1 is 1.08 bits per heavy atom. The van der Waals surface area contributed by atoms with Crippen LogP contribution >= 0.6 is 0 Å². The summed E-state index contributed by atoms with van der Waals surface area (Å²) >= 11 is 0. The predicted molar refractivity (Wildman–Crippen MR) is 97.0 cm³/mol. The van der Waals surface area contributed by atoms with Crippen molar-refractivity contribution in [3.8, 4) is 0 Å². The summed E-state index contributed by atoms with van der Waals surface area (Å²) in [6.45, 7) is 3.91. The van der Waals surface area contributed by atoms with Crippen LogP contribution < -0.4 is 10.6 Å². The van der Waals surface area contributed by atoms with Gasteiger partial charge in [-0.3, -0.25) is 9.59 Å². The number of amides is 2. The quantitative estimate of drug-likeness (QED) is 0.801. The number of carbonyl (C=O) groups is 2. The van der Waals surface area contributed by atoms with Crippen molar-refractivity contribution >= 4 is 17.5 Å². The summed E-state index contributed by atoms with van der Waals surface area (Å²) in [5.74, 6) is -0.796. The van der Waals surface area contributed by atoms with Gasteiger partial charge in [0.15, 0.2) is 0 Å². The molecule has 2 aromatic rings. The minimum atomic E-state index is -0.316. The van der Waals surface area contributed by atoms with E-state index in [-0.39, 0.29) is 30.1 Å². The third-order valence-electron chi connectivity index (χ3n) is 4.01. The smallest absolute Gasteiger partial charge is 0.253 e. The lowest BCUT2D eigenvalue weighted by molar-refractivity contribution is -0.116. The third-order valence-corrected chi connectivity index (χ3v) is 4.01. The molecule has 0 heterocycles. The Kier molecular flexibility index (Phi) is 6.69. The van der Waals surface area contributed by atoms with Gasteiger partial charge in [0.2, 0.25) is 5.91 Å². The Labute approximate surface area is 147 Å². The Balaban J connectivity index is 2.01. The highest BCUT2D eigenvalue weighted by atomic mass is 19.1. The van der Waals surface area contributed by atoms with Crippen LogP contribution in [-0.4, -0.2) is 17.9 Å². The van der Waals surface area contributed by atoms with Crippen molar-refractivity contribution in [3.63, 3.8) is 0 Å². The summed E-state index contributed by atoms with van der Waals surface area (Å²) in [6, 6.07) is 13.3. The maximum Gasteiger partial charge on any atom is 0.253 e. The highest BCUT2D eigenvalue weighted by Crippen LogP contribution is 2.16. The molecule has 0 bridgehead atoms. The number of rotatable bonds is 7. The van der Waals surface area contributed by atoms with Gasteiger partial charge in [0.1, 0.15) is 5.82 Å². The zero-order valence-electron chi connectivity index (χ0n) is 14.5. The van der Waals surface area contributed by atoms with Crippen LogP contribution in [0.3, 0.4) is 0 Å². The van der Waals surface area contributed by atoms with Gasteiger partial charge >= 0.3 is 0 Å². The topological polar surface area (TPSA) is 58.2 Å². The van der Waals surface area contributed by atoms with Gasteiger partial charge in [0.25, 0.3) is 5.91 Å². The molecule has 4 nitrogen and oxygen atoms in total. The molecule has 0 fully saturated rings. The van der Waals surface area contributed by atoms with Gasteiger partial charge in [-0.1, -0.05) is 37.3 Å². The second kappa shape index (κ2) is 8.97. The number of benzene rings is 2. The Hall–Kier alpha value is -2.69. The van der Waals surface area contributed by atoms with Crippen LogP contribution in [0.4, 0.5) is 10.1 Å². The van der Waals surface area contributed by atoms with E-state index >= 15 is 0 Å². The largest absolute Gasteiger partial charge is 0.350 e. The molecule has 2 aromatic carbocycles. The van der Waals surface area contributed by atoms with Crippen LogP contribution in [0.5, 0.6) is 0 Å². The zero-order chi connectivity index (χ0) is 18.2. The number of halogens is 1. The van der Waals surface area contributed by atoms with Crippen molar-refractivity contribution < 1.29 is 14.0 Å². The van der Waals surface area contributed by atoms with Crippen molar-refractivity contribution in [1.82, 2.24) is 5.32 Å². The lowest BCUT2D eigenvalue weighted by Crippen LogP contribution is -2.32. The maximum absolute atomic E-state index is 13.6. The number of carbonyl (C=O) groups excluding carboxylic acids is 2. The van der Waals surface area contributed by atoms with E-state index in [0.29, 0.717) is 23.2 Å². The molecule has 2 amide bonds. The molecule has 2 N–H and O–H groups in total. The van der Waals surface area contributed by atoms with E-state index in [4.69, 9.17) is 0 Å². The van der Waals surface area contributed by atoms with E-state index in [1.54, 1.807) is 42.5 Å². The average molecular weight is 342 g/mol. The van der Waals surface area contributed by atoms with E-state index in [0.717, 1.165) is 6.42 Å². The second-order valence-corrected chi connectivity index (χ2v) is 5.97. The second-order valence-electron chi connectivity index (χ2n) is 5.97. The highest BCUT2D eigenvalue weighted by Gasteiger charge is 2.14. The highest BCUT2D eigenvalue weighted by molar-refractivity contribution is 6.03. The molecule has 132 valence electrons. The first-order valence-electron chi connectivity index (χ1n) is 8.44. The van der Waals surface area contributed by atoms with Crippen LogP contribution in [0.25, 0.3) is 0 Å². The molecule has 5 heteroatoms. The van der Waals surface area contributed by atoms with Crippen LogP contribution in [0.1, 0.15) is 42.6 Å². The monoisotopic (exact) mass is 342 g/mol. The summed E-state index contributed by atoms with van der Waals surface area (Å²) in [4.78, 5) is 24.5. The van der Waals surface area contributed by atoms with Crippen LogP contribution in [0.2, 0.25) is 0 Å². The molecular weight excluding hydrogens is 319 g/mol. The number of hydrogen-bond donors (Lipinski definition) is 2. The van der Waals surface area contributed by atoms with Crippen LogP contribution in [-0.2, 0) is 11.2 Å². The van der Waals surface area contributed by atoms with Crippen LogP contribution in [0.15, 0.2) is 48.5 Å². The minimum Gasteiger partial charge on any atom is -0.350 e. The molecule has 0 saturated carbocycles. The summed E-state index contributed by atoms with van der Waals surface area (Å²) in [6.07, 6.45) is 1.27. The molecule has 0 aliphatic heterocycles. The summed E-state index contributed by atoms with van der Waals surface area (Å²) in [5.41, 5.74) is 1.38. The number of para-hydroxylation sites is 1. The van der Waals surface area contributed by atoms with Crippen molar-refractivity contribution in [1.29, 1.82) is 0 Å². The van der Waals surface area contributed by atoms with Gasteiger partial charge in [0, 0.05) is 12.5 Å². The van der Waals surface area contributed by atoms with E-state index in [2.05, 4.69) is 10.6 Å². The van der Waals surface area contributed by atoms with Crippen molar-refractivity contribution in [2.75, 3.05) is 5.32 Å². The lowest BCUT2D eigenvalue weighted by Gasteiger charge is -2.14. The summed E-state index contributed by atoms with van der Waals surface area (Å²) in [5, 5.41) is 5.64. The molecule has 0 aromatic heterocycles. The van der Waals surface area contributed by atoms with Crippen LogP contribution in [0, 0.1) is 5.82 Å². The Morgan fingerprint density at radius 3 is 2.48 bits per heavy atom. The summed E-state index contributed by atoms with van der Waals surface area (Å²) in [7, 11) is 0. The maximum atomic E-state index is 13.6. The third kappa shape index (κ3) is 5.41. The average Bonchev–Trinajstić information content (AvgIpc) is 2.61. The van der Waals surface area contributed by atoms with E-state index in [1.807, 2.05) is 13.8 Å². The van der Waals surface area contributed by atoms with Gasteiger partial charge in [-0.15, -0.1) is 0 Å². The van der Waals surface area contributed by atoms with E-state index in [9.17, 15) is 14.0 Å². The summed E-state index contributed by atoms with van der Waals surface area (Å²) < 4.78 is 13.6. The van der Waals surface area contributed by atoms with Gasteiger partial charge in [-0.05, 0) is 43.5 Å². The van der Waals surface area contributed by atoms with Crippen molar-refractivity contribution in [3.05, 3.63) is 65.5 Å². The molecule has 0 aliphatic carbocycles.